The van der Waals surface area contributed by atoms with E-state index < -0.39 is 5.97 Å². The molecule has 0 aromatic carbocycles. The molecular formula is C13H19N3O3. The normalized spacial score (nSPS) is 16.3. The lowest BCUT2D eigenvalue weighted by Gasteiger charge is -2.33. The van der Waals surface area contributed by atoms with Crippen LogP contribution in [0.25, 0.3) is 0 Å². The Morgan fingerprint density at radius 1 is 1.42 bits per heavy atom. The van der Waals surface area contributed by atoms with Gasteiger partial charge >= 0.3 is 5.97 Å². The third-order valence-electron chi connectivity index (χ3n) is 3.62. The average molecular weight is 265 g/mol. The molecule has 0 spiro atoms. The molecule has 0 aliphatic heterocycles. The first-order valence-electron chi connectivity index (χ1n) is 6.58. The van der Waals surface area contributed by atoms with Crippen molar-refractivity contribution in [3.63, 3.8) is 0 Å². The Labute approximate surface area is 112 Å². The number of hydrogen-bond acceptors (Lipinski definition) is 3. The van der Waals surface area contributed by atoms with E-state index >= 15 is 0 Å². The first kappa shape index (κ1) is 13.6. The fraction of sp³-hybridized carbons (Fsp3) is 0.615. The van der Waals surface area contributed by atoms with Crippen LogP contribution in [0.2, 0.25) is 0 Å². The van der Waals surface area contributed by atoms with Crippen LogP contribution in [-0.4, -0.2) is 44.0 Å². The molecule has 1 N–H and O–H groups in total. The molecule has 1 aliphatic rings. The van der Waals surface area contributed by atoms with Gasteiger partial charge in [-0.1, -0.05) is 19.3 Å². The van der Waals surface area contributed by atoms with Crippen molar-refractivity contribution in [3.05, 3.63) is 18.2 Å². The van der Waals surface area contributed by atoms with Gasteiger partial charge in [-0.25, -0.2) is 4.98 Å². The first-order chi connectivity index (χ1) is 9.09. The summed E-state index contributed by atoms with van der Waals surface area (Å²) < 4.78 is 1.63. The maximum Gasteiger partial charge on any atom is 0.323 e. The van der Waals surface area contributed by atoms with E-state index in [2.05, 4.69) is 4.98 Å². The number of nitrogens with zero attached hydrogens (tertiary/aromatic N) is 3. The molecule has 1 heterocycles. The second-order valence-corrected chi connectivity index (χ2v) is 5.01. The highest BCUT2D eigenvalue weighted by molar-refractivity contribution is 5.94. The summed E-state index contributed by atoms with van der Waals surface area (Å²) in [6.07, 6.45) is 8.08. The van der Waals surface area contributed by atoms with Gasteiger partial charge in [0.2, 0.25) is 0 Å². The maximum absolute atomic E-state index is 12.5. The minimum Gasteiger partial charge on any atom is -0.480 e. The number of aryl methyl sites for hydroxylation is 1. The number of rotatable bonds is 4. The van der Waals surface area contributed by atoms with Crippen LogP contribution in [0.5, 0.6) is 0 Å². The number of amides is 1. The van der Waals surface area contributed by atoms with Crippen LogP contribution in [-0.2, 0) is 11.8 Å². The molecule has 6 nitrogen and oxygen atoms in total. The van der Waals surface area contributed by atoms with Crippen molar-refractivity contribution < 1.29 is 14.7 Å². The van der Waals surface area contributed by atoms with Gasteiger partial charge < -0.3 is 14.6 Å². The van der Waals surface area contributed by atoms with E-state index in [9.17, 15) is 9.59 Å². The number of carboxylic acids is 1. The van der Waals surface area contributed by atoms with Crippen LogP contribution in [0, 0.1) is 0 Å². The monoisotopic (exact) mass is 265 g/mol. The highest BCUT2D eigenvalue weighted by atomic mass is 16.4. The van der Waals surface area contributed by atoms with Crippen molar-refractivity contribution in [3.8, 4) is 0 Å². The molecule has 0 atom stereocenters. The predicted octanol–water partition coefficient (Wildman–Crippen LogP) is 1.28. The van der Waals surface area contributed by atoms with Gasteiger partial charge in [-0.2, -0.15) is 0 Å². The molecule has 1 aromatic heterocycles. The topological polar surface area (TPSA) is 75.4 Å². The van der Waals surface area contributed by atoms with Crippen LogP contribution in [0.1, 0.15) is 42.6 Å². The van der Waals surface area contributed by atoms with Crippen LogP contribution < -0.4 is 0 Å². The number of carbonyl (C=O) groups is 2. The van der Waals surface area contributed by atoms with Gasteiger partial charge in [-0.15, -0.1) is 0 Å². The molecular weight excluding hydrogens is 246 g/mol. The summed E-state index contributed by atoms with van der Waals surface area (Å²) in [5.74, 6) is -1.21. The third kappa shape index (κ3) is 3.13. The lowest BCUT2D eigenvalue weighted by atomic mass is 9.94. The second-order valence-electron chi connectivity index (χ2n) is 5.01. The number of imidazole rings is 1. The van der Waals surface area contributed by atoms with E-state index in [0.29, 0.717) is 5.69 Å². The molecule has 19 heavy (non-hydrogen) atoms. The van der Waals surface area contributed by atoms with E-state index in [0.717, 1.165) is 32.1 Å². The predicted molar refractivity (Wildman–Crippen MR) is 68.8 cm³/mol. The maximum atomic E-state index is 12.5. The minimum atomic E-state index is -0.971. The van der Waals surface area contributed by atoms with Gasteiger partial charge in [-0.05, 0) is 12.8 Å². The summed E-state index contributed by atoms with van der Waals surface area (Å²) in [4.78, 5) is 28.9. The van der Waals surface area contributed by atoms with Crippen molar-refractivity contribution in [2.45, 2.75) is 38.1 Å². The fourth-order valence-electron chi connectivity index (χ4n) is 2.62. The van der Waals surface area contributed by atoms with E-state index in [1.54, 1.807) is 17.9 Å². The number of aromatic nitrogens is 2. The molecule has 1 aromatic rings. The summed E-state index contributed by atoms with van der Waals surface area (Å²) in [6.45, 7) is -0.241. The van der Waals surface area contributed by atoms with Crippen LogP contribution in [0.15, 0.2) is 12.5 Å². The minimum absolute atomic E-state index is 0.0345. The van der Waals surface area contributed by atoms with Crippen molar-refractivity contribution >= 4 is 11.9 Å². The lowest BCUT2D eigenvalue weighted by Crippen LogP contribution is -2.45. The Balaban J connectivity index is 2.19. The SMILES string of the molecule is Cn1cncc1C(=O)N(CC(=O)O)C1CCCCC1. The molecule has 1 amide bonds. The summed E-state index contributed by atoms with van der Waals surface area (Å²) in [5.41, 5.74) is 0.437. The summed E-state index contributed by atoms with van der Waals surface area (Å²) >= 11 is 0. The van der Waals surface area contributed by atoms with Crippen molar-refractivity contribution in [1.82, 2.24) is 14.5 Å². The quantitative estimate of drug-likeness (QED) is 0.889. The molecule has 1 saturated carbocycles. The third-order valence-corrected chi connectivity index (χ3v) is 3.62. The molecule has 1 aliphatic carbocycles. The summed E-state index contributed by atoms with van der Waals surface area (Å²) in [5, 5.41) is 9.01. The van der Waals surface area contributed by atoms with E-state index in [4.69, 9.17) is 5.11 Å². The van der Waals surface area contributed by atoms with Crippen molar-refractivity contribution in [1.29, 1.82) is 0 Å². The summed E-state index contributed by atoms with van der Waals surface area (Å²) in [7, 11) is 1.74. The highest BCUT2D eigenvalue weighted by Crippen LogP contribution is 2.23. The van der Waals surface area contributed by atoms with Crippen molar-refractivity contribution in [2.24, 2.45) is 7.05 Å². The summed E-state index contributed by atoms with van der Waals surface area (Å²) in [6, 6.07) is 0.0345. The molecule has 104 valence electrons. The number of carboxylic acid groups (broad SMARTS) is 1. The zero-order valence-electron chi connectivity index (χ0n) is 11.1. The van der Waals surface area contributed by atoms with Crippen LogP contribution >= 0.6 is 0 Å². The molecule has 0 unspecified atom stereocenters. The number of carbonyl (C=O) groups excluding carboxylic acids is 1. The number of hydrogen-bond donors (Lipinski definition) is 1. The standard InChI is InChI=1S/C13H19N3O3/c1-15-9-14-7-11(15)13(19)16(8-12(17)18)10-5-3-2-4-6-10/h7,9-10H,2-6,8H2,1H3,(H,17,18). The van der Waals surface area contributed by atoms with Crippen molar-refractivity contribution in [2.75, 3.05) is 6.54 Å². The highest BCUT2D eigenvalue weighted by Gasteiger charge is 2.29. The molecule has 2 rings (SSSR count). The number of aliphatic carboxylic acids is 1. The smallest absolute Gasteiger partial charge is 0.323 e. The zero-order chi connectivity index (χ0) is 13.8. The lowest BCUT2D eigenvalue weighted by molar-refractivity contribution is -0.138. The Bertz CT molecular complexity index is 463. The Morgan fingerprint density at radius 2 is 2.11 bits per heavy atom. The van der Waals surface area contributed by atoms with E-state index in [1.807, 2.05) is 0 Å². The van der Waals surface area contributed by atoms with Gasteiger partial charge in [0.05, 0.1) is 12.5 Å². The molecule has 0 saturated heterocycles. The second kappa shape index (κ2) is 5.86. The van der Waals surface area contributed by atoms with Gasteiger partial charge in [0.1, 0.15) is 12.2 Å². The van der Waals surface area contributed by atoms with E-state index in [1.165, 1.54) is 11.1 Å². The van der Waals surface area contributed by atoms with Gasteiger partial charge in [0, 0.05) is 13.1 Å². The van der Waals surface area contributed by atoms with Gasteiger partial charge in [-0.3, -0.25) is 9.59 Å². The first-order valence-corrected chi connectivity index (χ1v) is 6.58. The van der Waals surface area contributed by atoms with Crippen LogP contribution in [0.3, 0.4) is 0 Å². The Hall–Kier alpha value is -1.85. The Morgan fingerprint density at radius 3 is 2.63 bits per heavy atom. The Kier molecular flexibility index (Phi) is 4.19. The average Bonchev–Trinajstić information content (AvgIpc) is 2.82. The van der Waals surface area contributed by atoms with Gasteiger partial charge in [0.15, 0.2) is 0 Å². The fourth-order valence-corrected chi connectivity index (χ4v) is 2.62. The van der Waals surface area contributed by atoms with Gasteiger partial charge in [0.25, 0.3) is 5.91 Å². The molecule has 6 heteroatoms. The van der Waals surface area contributed by atoms with E-state index in [-0.39, 0.29) is 18.5 Å². The zero-order valence-corrected chi connectivity index (χ0v) is 11.1. The molecule has 1 fully saturated rings. The molecule has 0 bridgehead atoms. The van der Waals surface area contributed by atoms with Crippen LogP contribution in [0.4, 0.5) is 0 Å². The molecule has 0 radical (unpaired) electrons. The largest absolute Gasteiger partial charge is 0.480 e.